The molecule has 1 aromatic rings. The number of carbonyl (C=O) groups is 3. The molecule has 0 aliphatic carbocycles. The molecular formula is C17H15N3O4. The number of benzene rings is 1. The minimum absolute atomic E-state index is 0.0819. The summed E-state index contributed by atoms with van der Waals surface area (Å²) < 4.78 is 5.00. The van der Waals surface area contributed by atoms with Gasteiger partial charge in [0, 0.05) is 19.4 Å². The van der Waals surface area contributed by atoms with Gasteiger partial charge in [0.25, 0.3) is 5.91 Å². The number of ether oxygens (including phenoxy) is 1. The molecule has 1 aromatic carbocycles. The van der Waals surface area contributed by atoms with Crippen molar-refractivity contribution in [2.75, 3.05) is 18.1 Å². The van der Waals surface area contributed by atoms with Gasteiger partial charge in [0.15, 0.2) is 6.61 Å². The Hall–Kier alpha value is -3.14. The van der Waals surface area contributed by atoms with E-state index in [0.29, 0.717) is 11.3 Å². The quantitative estimate of drug-likeness (QED) is 0.613. The van der Waals surface area contributed by atoms with Gasteiger partial charge >= 0.3 is 5.97 Å². The monoisotopic (exact) mass is 325 g/mol. The first-order chi connectivity index (χ1) is 11.6. The Balaban J connectivity index is 2.21. The van der Waals surface area contributed by atoms with Gasteiger partial charge in [-0.3, -0.25) is 14.5 Å². The molecule has 0 bridgehead atoms. The van der Waals surface area contributed by atoms with E-state index >= 15 is 0 Å². The maximum Gasteiger partial charge on any atom is 0.354 e. The van der Waals surface area contributed by atoms with E-state index in [1.807, 2.05) is 0 Å². The Morgan fingerprint density at radius 1 is 1.42 bits per heavy atom. The van der Waals surface area contributed by atoms with Gasteiger partial charge in [-0.1, -0.05) is 18.2 Å². The van der Waals surface area contributed by atoms with Gasteiger partial charge in [0.1, 0.15) is 6.07 Å². The summed E-state index contributed by atoms with van der Waals surface area (Å²) in [6, 6.07) is 8.38. The van der Waals surface area contributed by atoms with E-state index in [4.69, 9.17) is 10.00 Å². The van der Waals surface area contributed by atoms with Crippen molar-refractivity contribution in [3.05, 3.63) is 42.5 Å². The highest BCUT2D eigenvalue weighted by atomic mass is 16.5. The molecule has 0 N–H and O–H groups in total. The highest BCUT2D eigenvalue weighted by molar-refractivity contribution is 6.15. The van der Waals surface area contributed by atoms with E-state index < -0.39 is 18.2 Å². The van der Waals surface area contributed by atoms with Crippen molar-refractivity contribution in [3.63, 3.8) is 0 Å². The predicted octanol–water partition coefficient (Wildman–Crippen LogP) is 1.22. The molecule has 2 amide bonds. The lowest BCUT2D eigenvalue weighted by Crippen LogP contribution is -2.68. The predicted molar refractivity (Wildman–Crippen MR) is 83.7 cm³/mol. The van der Waals surface area contributed by atoms with E-state index in [2.05, 4.69) is 6.58 Å². The molecule has 2 aliphatic rings. The fourth-order valence-corrected chi connectivity index (χ4v) is 3.34. The average molecular weight is 325 g/mol. The molecule has 3 rings (SSSR count). The van der Waals surface area contributed by atoms with Crippen LogP contribution >= 0.6 is 0 Å². The lowest BCUT2D eigenvalue weighted by Gasteiger charge is -2.47. The Morgan fingerprint density at radius 3 is 2.88 bits per heavy atom. The normalized spacial score (nSPS) is 21.8. The number of amides is 2. The lowest BCUT2D eigenvalue weighted by molar-refractivity contribution is -0.155. The van der Waals surface area contributed by atoms with Crippen LogP contribution in [0.3, 0.4) is 0 Å². The summed E-state index contributed by atoms with van der Waals surface area (Å²) in [6.45, 7) is 3.27. The maximum absolute atomic E-state index is 12.9. The fourth-order valence-electron chi connectivity index (χ4n) is 3.34. The van der Waals surface area contributed by atoms with Crippen LogP contribution in [0.25, 0.3) is 0 Å². The number of nitriles is 1. The average Bonchev–Trinajstić information content (AvgIpc) is 2.95. The molecule has 1 fully saturated rings. The van der Waals surface area contributed by atoms with Crippen molar-refractivity contribution in [1.29, 1.82) is 5.26 Å². The Kier molecular flexibility index (Phi) is 3.81. The zero-order chi connectivity index (χ0) is 17.3. The number of esters is 1. The van der Waals surface area contributed by atoms with Gasteiger partial charge in [-0.2, -0.15) is 5.26 Å². The zero-order valence-electron chi connectivity index (χ0n) is 12.9. The first-order valence-electron chi connectivity index (χ1n) is 7.47. The van der Waals surface area contributed by atoms with Gasteiger partial charge in [-0.15, -0.1) is 6.58 Å². The Bertz CT molecular complexity index is 782. The van der Waals surface area contributed by atoms with E-state index in [0.717, 1.165) is 0 Å². The van der Waals surface area contributed by atoms with Crippen LogP contribution in [0.1, 0.15) is 23.2 Å². The standard InChI is InChI=1S/C17H15N3O4/c1-2-10-19-15(22)12-5-3-4-6-13(12)20-14(21)7-8-17(19,20)16(23)24-11-9-18/h2-6H,1,7-8,10-11H2/t17-/m0/s1. The third-order valence-corrected chi connectivity index (χ3v) is 4.28. The summed E-state index contributed by atoms with van der Waals surface area (Å²) in [4.78, 5) is 40.8. The minimum Gasteiger partial charge on any atom is -0.447 e. The molecular weight excluding hydrogens is 310 g/mol. The van der Waals surface area contributed by atoms with Gasteiger partial charge in [-0.25, -0.2) is 4.79 Å². The molecule has 1 saturated heterocycles. The van der Waals surface area contributed by atoms with E-state index in [9.17, 15) is 14.4 Å². The van der Waals surface area contributed by atoms with E-state index in [1.54, 1.807) is 30.3 Å². The van der Waals surface area contributed by atoms with Gasteiger partial charge < -0.3 is 9.64 Å². The molecule has 2 aliphatic heterocycles. The fraction of sp³-hybridized carbons (Fsp3) is 0.294. The Morgan fingerprint density at radius 2 is 2.17 bits per heavy atom. The van der Waals surface area contributed by atoms with Crippen molar-refractivity contribution in [2.45, 2.75) is 18.5 Å². The van der Waals surface area contributed by atoms with Gasteiger partial charge in [-0.05, 0) is 12.1 Å². The van der Waals surface area contributed by atoms with Crippen LogP contribution in [0.5, 0.6) is 0 Å². The number of hydrogen-bond donors (Lipinski definition) is 0. The topological polar surface area (TPSA) is 90.7 Å². The molecule has 0 saturated carbocycles. The minimum atomic E-state index is -1.56. The highest BCUT2D eigenvalue weighted by Crippen LogP contribution is 2.44. The van der Waals surface area contributed by atoms with Gasteiger partial charge in [0.2, 0.25) is 11.6 Å². The van der Waals surface area contributed by atoms with Crippen LogP contribution < -0.4 is 4.90 Å². The van der Waals surface area contributed by atoms with E-state index in [1.165, 1.54) is 15.9 Å². The molecule has 7 nitrogen and oxygen atoms in total. The van der Waals surface area contributed by atoms with E-state index in [-0.39, 0.29) is 31.2 Å². The highest BCUT2D eigenvalue weighted by Gasteiger charge is 2.61. The number of nitrogens with zero attached hydrogens (tertiary/aromatic N) is 3. The second kappa shape index (κ2) is 5.81. The number of para-hydroxylation sites is 1. The van der Waals surface area contributed by atoms with Crippen LogP contribution in [-0.4, -0.2) is 41.5 Å². The summed E-state index contributed by atoms with van der Waals surface area (Å²) in [7, 11) is 0. The molecule has 0 spiro atoms. The van der Waals surface area contributed by atoms with Crippen LogP contribution in [-0.2, 0) is 14.3 Å². The lowest BCUT2D eigenvalue weighted by atomic mass is 9.96. The van der Waals surface area contributed by atoms with Crippen molar-refractivity contribution in [1.82, 2.24) is 4.90 Å². The molecule has 0 radical (unpaired) electrons. The SMILES string of the molecule is C=CCN1C(=O)c2ccccc2N2C(=O)CC[C@]12C(=O)OCC#N. The smallest absolute Gasteiger partial charge is 0.354 e. The number of hydrogen-bond acceptors (Lipinski definition) is 5. The van der Waals surface area contributed by atoms with Gasteiger partial charge in [0.05, 0.1) is 11.3 Å². The molecule has 2 heterocycles. The molecule has 24 heavy (non-hydrogen) atoms. The maximum atomic E-state index is 12.9. The molecule has 7 heteroatoms. The summed E-state index contributed by atoms with van der Waals surface area (Å²) >= 11 is 0. The third-order valence-electron chi connectivity index (χ3n) is 4.28. The van der Waals surface area contributed by atoms with Crippen molar-refractivity contribution < 1.29 is 19.1 Å². The molecule has 122 valence electrons. The first-order valence-corrected chi connectivity index (χ1v) is 7.47. The second-order valence-electron chi connectivity index (χ2n) is 5.50. The number of carbonyl (C=O) groups excluding carboxylic acids is 3. The zero-order valence-corrected chi connectivity index (χ0v) is 12.9. The third kappa shape index (κ3) is 2.00. The number of rotatable bonds is 4. The molecule has 1 atom stereocenters. The van der Waals surface area contributed by atoms with Crippen molar-refractivity contribution in [2.24, 2.45) is 0 Å². The number of anilines is 1. The largest absolute Gasteiger partial charge is 0.447 e. The summed E-state index contributed by atoms with van der Waals surface area (Å²) in [5.74, 6) is -1.41. The second-order valence-corrected chi connectivity index (χ2v) is 5.50. The first kappa shape index (κ1) is 15.7. The Labute approximate surface area is 138 Å². The molecule has 0 aromatic heterocycles. The van der Waals surface area contributed by atoms with Crippen molar-refractivity contribution >= 4 is 23.5 Å². The summed E-state index contributed by atoms with van der Waals surface area (Å²) in [5, 5.41) is 8.68. The van der Waals surface area contributed by atoms with Crippen molar-refractivity contribution in [3.8, 4) is 6.07 Å². The summed E-state index contributed by atoms with van der Waals surface area (Å²) in [5.41, 5.74) is -0.828. The van der Waals surface area contributed by atoms with Crippen LogP contribution in [0.2, 0.25) is 0 Å². The van der Waals surface area contributed by atoms with Crippen LogP contribution in [0, 0.1) is 11.3 Å². The summed E-state index contributed by atoms with van der Waals surface area (Å²) in [6.07, 6.45) is 1.72. The van der Waals surface area contributed by atoms with Crippen LogP contribution in [0.15, 0.2) is 36.9 Å². The van der Waals surface area contributed by atoms with Crippen LogP contribution in [0.4, 0.5) is 5.69 Å². The number of fused-ring (bicyclic) bond motifs is 3. The molecule has 0 unspecified atom stereocenters.